The van der Waals surface area contributed by atoms with E-state index in [1.807, 2.05) is 48.5 Å². The van der Waals surface area contributed by atoms with Gasteiger partial charge >= 0.3 is 13.4 Å². The summed E-state index contributed by atoms with van der Waals surface area (Å²) in [6, 6.07) is 15.1. The van der Waals surface area contributed by atoms with Gasteiger partial charge < -0.3 is 40.4 Å². The maximum atomic E-state index is 11.4. The van der Waals surface area contributed by atoms with Crippen LogP contribution in [0, 0.1) is 0 Å². The largest absolute Gasteiger partial charge is 0.566 e. The lowest BCUT2D eigenvalue weighted by Crippen LogP contribution is -2.58. The van der Waals surface area contributed by atoms with Crippen LogP contribution in [0.25, 0.3) is 0 Å². The van der Waals surface area contributed by atoms with Crippen LogP contribution in [-0.4, -0.2) is 62.1 Å². The molecule has 0 aliphatic carbocycles. The molecular weight excluding hydrogens is 540 g/mol. The van der Waals surface area contributed by atoms with Gasteiger partial charge in [0.1, 0.15) is 0 Å². The molecule has 3 aliphatic heterocycles. The number of nitrogens with zero attached hydrogens (tertiary/aromatic N) is 3. The molecular formula is C32H43B2N5O4-2. The van der Waals surface area contributed by atoms with Crippen molar-refractivity contribution in [3.63, 3.8) is 0 Å². The standard InChI is InChI=1S/C32H43B2N5O4/c1-4-24-27(17-37-32-35-15-16-36-32)25(5-2)29(21-39-19-23-12-8-10-14-31(23)34(39,42)43)26(6-3)28(24)20-38-18-22-11-7-9-13-30(22)33(38,40)41/h7-14,40-43H,4-6,15-21H2,1-3H3,(H2,35,36,37)/q-2. The number of benzene rings is 3. The summed E-state index contributed by atoms with van der Waals surface area (Å²) in [5.41, 5.74) is 9.98. The van der Waals surface area contributed by atoms with E-state index < -0.39 is 13.4 Å². The number of aliphatic imine (C=N–C) groups is 1. The van der Waals surface area contributed by atoms with Gasteiger partial charge in [0.2, 0.25) is 0 Å². The van der Waals surface area contributed by atoms with Crippen molar-refractivity contribution in [3.8, 4) is 0 Å². The third-order valence-corrected chi connectivity index (χ3v) is 9.79. The van der Waals surface area contributed by atoms with Crippen molar-refractivity contribution in [1.29, 1.82) is 0 Å². The van der Waals surface area contributed by atoms with E-state index in [1.54, 1.807) is 9.62 Å². The summed E-state index contributed by atoms with van der Waals surface area (Å²) in [7, 11) is 0. The molecule has 9 nitrogen and oxygen atoms in total. The van der Waals surface area contributed by atoms with Gasteiger partial charge in [-0.3, -0.25) is 4.99 Å². The van der Waals surface area contributed by atoms with Gasteiger partial charge in [-0.1, -0.05) is 80.4 Å². The van der Waals surface area contributed by atoms with Crippen LogP contribution in [0.2, 0.25) is 0 Å². The molecule has 6 rings (SSSR count). The van der Waals surface area contributed by atoms with E-state index in [0.717, 1.165) is 66.1 Å². The zero-order valence-corrected chi connectivity index (χ0v) is 25.5. The molecule has 0 amide bonds. The van der Waals surface area contributed by atoms with Crippen molar-refractivity contribution < 1.29 is 20.1 Å². The van der Waals surface area contributed by atoms with E-state index in [2.05, 4.69) is 36.4 Å². The van der Waals surface area contributed by atoms with Gasteiger partial charge in [-0.25, -0.2) is 0 Å². The van der Waals surface area contributed by atoms with Crippen molar-refractivity contribution in [1.82, 2.24) is 20.3 Å². The first-order chi connectivity index (χ1) is 20.7. The molecule has 0 bridgehead atoms. The maximum absolute atomic E-state index is 11.4. The highest BCUT2D eigenvalue weighted by Gasteiger charge is 2.40. The normalized spacial score (nSPS) is 18.8. The second-order valence-electron chi connectivity index (χ2n) is 12.1. The van der Waals surface area contributed by atoms with Crippen molar-refractivity contribution in [2.75, 3.05) is 13.1 Å². The summed E-state index contributed by atoms with van der Waals surface area (Å²) in [5.74, 6) is 0.790. The van der Waals surface area contributed by atoms with Gasteiger partial charge in [0.05, 0.1) is 6.54 Å². The molecule has 6 N–H and O–H groups in total. The van der Waals surface area contributed by atoms with Crippen LogP contribution < -0.4 is 21.6 Å². The maximum Gasteiger partial charge on any atom is 0.343 e. The fraction of sp³-hybridized carbons (Fsp3) is 0.406. The van der Waals surface area contributed by atoms with Crippen molar-refractivity contribution in [2.24, 2.45) is 4.99 Å². The Labute approximate surface area is 254 Å². The molecule has 0 saturated heterocycles. The highest BCUT2D eigenvalue weighted by molar-refractivity contribution is 6.78. The molecule has 11 heteroatoms. The number of nitrogens with one attached hydrogen (secondary N) is 2. The van der Waals surface area contributed by atoms with Gasteiger partial charge in [-0.05, 0) is 78.8 Å². The highest BCUT2D eigenvalue weighted by atomic mass is 16.4. The molecule has 0 fully saturated rings. The Balaban J connectivity index is 1.46. The average Bonchev–Trinajstić information content (AvgIpc) is 3.68. The van der Waals surface area contributed by atoms with E-state index in [0.29, 0.717) is 43.6 Å². The molecule has 0 aromatic heterocycles. The fourth-order valence-electron chi connectivity index (χ4n) is 7.63. The lowest BCUT2D eigenvalue weighted by molar-refractivity contribution is 0.246. The first-order valence-corrected chi connectivity index (χ1v) is 15.7. The lowest BCUT2D eigenvalue weighted by atomic mass is 9.64. The summed E-state index contributed by atoms with van der Waals surface area (Å²) in [6.45, 7) is 4.52. The Bertz CT molecular complexity index is 1460. The Morgan fingerprint density at radius 1 is 0.698 bits per heavy atom. The summed E-state index contributed by atoms with van der Waals surface area (Å²) in [5, 5.41) is 52.5. The van der Waals surface area contributed by atoms with E-state index in [4.69, 9.17) is 0 Å². The summed E-state index contributed by atoms with van der Waals surface area (Å²) in [4.78, 5) is 8.14. The number of hydrogen-bond acceptors (Lipinski definition) is 9. The summed E-state index contributed by atoms with van der Waals surface area (Å²) < 4.78 is 0. The van der Waals surface area contributed by atoms with Gasteiger partial charge in [-0.2, -0.15) is 0 Å². The predicted octanol–water partition coefficient (Wildman–Crippen LogP) is 0.715. The molecule has 43 heavy (non-hydrogen) atoms. The van der Waals surface area contributed by atoms with Crippen LogP contribution in [0.1, 0.15) is 65.3 Å². The van der Waals surface area contributed by atoms with Crippen LogP contribution in [-0.2, 0) is 52.0 Å². The van der Waals surface area contributed by atoms with Gasteiger partial charge in [-0.15, -0.1) is 10.9 Å². The molecule has 3 heterocycles. The number of fused-ring (bicyclic) bond motifs is 2. The Morgan fingerprint density at radius 3 is 1.58 bits per heavy atom. The minimum Gasteiger partial charge on any atom is -0.566 e. The second-order valence-corrected chi connectivity index (χ2v) is 12.1. The minimum absolute atomic E-state index is 0.381. The van der Waals surface area contributed by atoms with Crippen LogP contribution in [0.5, 0.6) is 0 Å². The smallest absolute Gasteiger partial charge is 0.343 e. The Kier molecular flexibility index (Phi) is 8.14. The topological polar surface area (TPSA) is 124 Å². The minimum atomic E-state index is -2.87. The monoisotopic (exact) mass is 583 g/mol. The number of hydrogen-bond donors (Lipinski definition) is 6. The van der Waals surface area contributed by atoms with Crippen molar-refractivity contribution in [3.05, 3.63) is 93.0 Å². The summed E-state index contributed by atoms with van der Waals surface area (Å²) >= 11 is 0. The number of guanidine groups is 1. The molecule has 0 spiro atoms. The quantitative estimate of drug-likeness (QED) is 0.204. The zero-order chi connectivity index (χ0) is 30.4. The van der Waals surface area contributed by atoms with E-state index >= 15 is 0 Å². The highest BCUT2D eigenvalue weighted by Crippen LogP contribution is 2.35. The predicted molar refractivity (Wildman–Crippen MR) is 173 cm³/mol. The molecule has 0 radical (unpaired) electrons. The molecule has 3 aromatic rings. The number of rotatable bonds is 9. The Hall–Kier alpha value is -3.18. The third kappa shape index (κ3) is 5.18. The van der Waals surface area contributed by atoms with Gasteiger partial charge in [0.25, 0.3) is 0 Å². The van der Waals surface area contributed by atoms with Gasteiger partial charge in [0, 0.05) is 13.1 Å². The van der Waals surface area contributed by atoms with E-state index in [-0.39, 0.29) is 0 Å². The molecule has 0 atom stereocenters. The zero-order valence-electron chi connectivity index (χ0n) is 25.5. The molecule has 0 unspecified atom stereocenters. The van der Waals surface area contributed by atoms with Gasteiger partial charge in [0.15, 0.2) is 5.96 Å². The van der Waals surface area contributed by atoms with Crippen LogP contribution in [0.15, 0.2) is 53.5 Å². The molecule has 3 aromatic carbocycles. The van der Waals surface area contributed by atoms with E-state index in [9.17, 15) is 20.1 Å². The molecule has 228 valence electrons. The van der Waals surface area contributed by atoms with Crippen molar-refractivity contribution in [2.45, 2.75) is 72.8 Å². The van der Waals surface area contributed by atoms with Crippen LogP contribution in [0.3, 0.4) is 0 Å². The van der Waals surface area contributed by atoms with Crippen LogP contribution in [0.4, 0.5) is 0 Å². The second kappa shape index (κ2) is 11.7. The third-order valence-electron chi connectivity index (χ3n) is 9.79. The molecule has 0 saturated carbocycles. The fourth-order valence-corrected chi connectivity index (χ4v) is 7.63. The first kappa shape index (κ1) is 29.9. The first-order valence-electron chi connectivity index (χ1n) is 15.7. The average molecular weight is 583 g/mol. The van der Waals surface area contributed by atoms with Crippen molar-refractivity contribution >= 4 is 30.3 Å². The van der Waals surface area contributed by atoms with Crippen LogP contribution >= 0.6 is 0 Å². The SMILES string of the molecule is CCc1c(CNC2=NCCN2)c(CC)c(CN2Cc3ccccc3[B-]2(O)O)c(CC)c1CN1Cc2ccccc2[B-]1(O)O. The van der Waals surface area contributed by atoms with E-state index in [1.165, 1.54) is 16.7 Å². The Morgan fingerprint density at radius 2 is 1.16 bits per heavy atom. The molecule has 3 aliphatic rings. The lowest BCUT2D eigenvalue weighted by Gasteiger charge is -2.40. The summed E-state index contributed by atoms with van der Waals surface area (Å²) in [6.07, 6.45) is 2.31.